The summed E-state index contributed by atoms with van der Waals surface area (Å²) in [6, 6.07) is 0.389. The number of rotatable bonds is 3. The molecular weight excluding hydrogens is 228 g/mol. The standard InChI is InChI=1S/C11H20N2O2.ClH/c12-10-4-2-1-3-9(13-10)5-6-11-14-7-8-15-11;/h9,11H,1-8H2,(H2,12,13);1H. The Balaban J connectivity index is 0.00000128. The van der Waals surface area contributed by atoms with Gasteiger partial charge in [-0.2, -0.15) is 0 Å². The third-order valence-corrected chi connectivity index (χ3v) is 3.00. The fraction of sp³-hybridized carbons (Fsp3) is 0.909. The van der Waals surface area contributed by atoms with E-state index in [1.807, 2.05) is 0 Å². The van der Waals surface area contributed by atoms with Gasteiger partial charge in [0.1, 0.15) is 0 Å². The molecule has 5 heteroatoms. The Hall–Kier alpha value is -0.320. The molecule has 0 aromatic heterocycles. The third-order valence-electron chi connectivity index (χ3n) is 3.00. The maximum Gasteiger partial charge on any atom is 0.157 e. The van der Waals surface area contributed by atoms with Crippen molar-refractivity contribution >= 4 is 18.2 Å². The van der Waals surface area contributed by atoms with Crippen LogP contribution in [0.4, 0.5) is 0 Å². The summed E-state index contributed by atoms with van der Waals surface area (Å²) in [5.41, 5.74) is 5.80. The molecule has 1 unspecified atom stereocenters. The second-order valence-electron chi connectivity index (χ2n) is 4.27. The van der Waals surface area contributed by atoms with Gasteiger partial charge < -0.3 is 15.2 Å². The van der Waals surface area contributed by atoms with Crippen molar-refractivity contribution in [2.24, 2.45) is 10.7 Å². The van der Waals surface area contributed by atoms with Crippen molar-refractivity contribution in [2.75, 3.05) is 13.2 Å². The van der Waals surface area contributed by atoms with E-state index in [2.05, 4.69) is 4.99 Å². The molecule has 0 bridgehead atoms. The normalized spacial score (nSPS) is 27.0. The van der Waals surface area contributed by atoms with E-state index < -0.39 is 0 Å². The molecule has 2 aliphatic rings. The molecule has 1 atom stereocenters. The lowest BCUT2D eigenvalue weighted by atomic mass is 10.1. The molecule has 2 rings (SSSR count). The molecule has 0 aromatic rings. The van der Waals surface area contributed by atoms with Gasteiger partial charge in [0.15, 0.2) is 6.29 Å². The molecule has 2 heterocycles. The SMILES string of the molecule is Cl.NC1=NC(CCC2OCCO2)CCCC1. The average Bonchev–Trinajstić information content (AvgIpc) is 2.65. The Morgan fingerprint density at radius 2 is 1.94 bits per heavy atom. The Bertz CT molecular complexity index is 230. The van der Waals surface area contributed by atoms with E-state index >= 15 is 0 Å². The molecule has 0 spiro atoms. The van der Waals surface area contributed by atoms with Crippen molar-refractivity contribution in [3.05, 3.63) is 0 Å². The first kappa shape index (κ1) is 13.7. The number of hydrogen-bond donors (Lipinski definition) is 1. The van der Waals surface area contributed by atoms with Crippen LogP contribution in [0.3, 0.4) is 0 Å². The molecule has 2 aliphatic heterocycles. The summed E-state index contributed by atoms with van der Waals surface area (Å²) >= 11 is 0. The first-order valence-electron chi connectivity index (χ1n) is 5.90. The molecule has 2 N–H and O–H groups in total. The number of amidine groups is 1. The van der Waals surface area contributed by atoms with E-state index in [1.54, 1.807) is 0 Å². The largest absolute Gasteiger partial charge is 0.387 e. The van der Waals surface area contributed by atoms with E-state index in [1.165, 1.54) is 12.8 Å². The van der Waals surface area contributed by atoms with E-state index in [0.717, 1.165) is 44.7 Å². The van der Waals surface area contributed by atoms with Gasteiger partial charge in [0, 0.05) is 12.8 Å². The molecule has 0 radical (unpaired) electrons. The molecule has 0 amide bonds. The molecule has 1 saturated heterocycles. The quantitative estimate of drug-likeness (QED) is 0.830. The zero-order valence-electron chi connectivity index (χ0n) is 9.56. The Kier molecular flexibility index (Phi) is 6.09. The summed E-state index contributed by atoms with van der Waals surface area (Å²) in [6.45, 7) is 1.47. The van der Waals surface area contributed by atoms with Crippen LogP contribution in [-0.2, 0) is 9.47 Å². The number of aliphatic imine (C=N–C) groups is 1. The lowest BCUT2D eigenvalue weighted by Crippen LogP contribution is -2.16. The van der Waals surface area contributed by atoms with Gasteiger partial charge in [-0.15, -0.1) is 12.4 Å². The van der Waals surface area contributed by atoms with E-state index in [-0.39, 0.29) is 18.7 Å². The van der Waals surface area contributed by atoms with Gasteiger partial charge >= 0.3 is 0 Å². The highest BCUT2D eigenvalue weighted by molar-refractivity contribution is 5.85. The minimum Gasteiger partial charge on any atom is -0.387 e. The van der Waals surface area contributed by atoms with Crippen molar-refractivity contribution < 1.29 is 9.47 Å². The maximum absolute atomic E-state index is 5.80. The summed E-state index contributed by atoms with van der Waals surface area (Å²) in [6.07, 6.45) is 6.53. The van der Waals surface area contributed by atoms with E-state index in [4.69, 9.17) is 15.2 Å². The number of nitrogens with two attached hydrogens (primary N) is 1. The molecule has 0 aromatic carbocycles. The highest BCUT2D eigenvalue weighted by Crippen LogP contribution is 2.19. The van der Waals surface area contributed by atoms with Gasteiger partial charge in [-0.1, -0.05) is 6.42 Å². The molecule has 16 heavy (non-hydrogen) atoms. The summed E-state index contributed by atoms with van der Waals surface area (Å²) < 4.78 is 10.8. The van der Waals surface area contributed by atoms with Crippen molar-refractivity contribution in [3.8, 4) is 0 Å². The van der Waals surface area contributed by atoms with Crippen LogP contribution in [-0.4, -0.2) is 31.4 Å². The number of nitrogens with zero attached hydrogens (tertiary/aromatic N) is 1. The van der Waals surface area contributed by atoms with Gasteiger partial charge in [0.25, 0.3) is 0 Å². The summed E-state index contributed by atoms with van der Waals surface area (Å²) in [5, 5.41) is 0. The van der Waals surface area contributed by atoms with Crippen molar-refractivity contribution in [1.29, 1.82) is 0 Å². The Morgan fingerprint density at radius 3 is 2.69 bits per heavy atom. The number of ether oxygens (including phenoxy) is 2. The number of hydrogen-bond acceptors (Lipinski definition) is 4. The first-order chi connectivity index (χ1) is 7.34. The molecule has 1 fully saturated rings. The molecule has 94 valence electrons. The van der Waals surface area contributed by atoms with E-state index in [0.29, 0.717) is 6.04 Å². The smallest absolute Gasteiger partial charge is 0.157 e. The fourth-order valence-corrected chi connectivity index (χ4v) is 2.16. The lowest BCUT2D eigenvalue weighted by Gasteiger charge is -2.13. The van der Waals surface area contributed by atoms with E-state index in [9.17, 15) is 0 Å². The summed E-state index contributed by atoms with van der Waals surface area (Å²) in [7, 11) is 0. The van der Waals surface area contributed by atoms with Crippen LogP contribution in [0.1, 0.15) is 38.5 Å². The van der Waals surface area contributed by atoms with Crippen LogP contribution in [0.2, 0.25) is 0 Å². The summed E-state index contributed by atoms with van der Waals surface area (Å²) in [4.78, 5) is 4.52. The highest BCUT2D eigenvalue weighted by atomic mass is 35.5. The zero-order valence-corrected chi connectivity index (χ0v) is 10.4. The van der Waals surface area contributed by atoms with Crippen LogP contribution in [0, 0.1) is 0 Å². The lowest BCUT2D eigenvalue weighted by molar-refractivity contribution is -0.0486. The second-order valence-corrected chi connectivity index (χ2v) is 4.27. The summed E-state index contributed by atoms with van der Waals surface area (Å²) in [5.74, 6) is 0.825. The topological polar surface area (TPSA) is 56.8 Å². The molecule has 4 nitrogen and oxygen atoms in total. The fourth-order valence-electron chi connectivity index (χ4n) is 2.16. The predicted octanol–water partition coefficient (Wildman–Crippen LogP) is 1.86. The average molecular weight is 249 g/mol. The van der Waals surface area contributed by atoms with Crippen molar-refractivity contribution in [1.82, 2.24) is 0 Å². The van der Waals surface area contributed by atoms with Crippen molar-refractivity contribution in [3.63, 3.8) is 0 Å². The monoisotopic (exact) mass is 248 g/mol. The van der Waals surface area contributed by atoms with Gasteiger partial charge in [-0.3, -0.25) is 4.99 Å². The van der Waals surface area contributed by atoms with Crippen LogP contribution < -0.4 is 5.73 Å². The molecular formula is C11H21ClN2O2. The first-order valence-corrected chi connectivity index (χ1v) is 5.90. The van der Waals surface area contributed by atoms with Gasteiger partial charge in [0.05, 0.1) is 25.1 Å². The van der Waals surface area contributed by atoms with Crippen LogP contribution in [0.15, 0.2) is 4.99 Å². The van der Waals surface area contributed by atoms with Crippen LogP contribution in [0.5, 0.6) is 0 Å². The second kappa shape index (κ2) is 7.09. The predicted molar refractivity (Wildman–Crippen MR) is 66.1 cm³/mol. The number of halogens is 1. The van der Waals surface area contributed by atoms with Crippen LogP contribution >= 0.6 is 12.4 Å². The van der Waals surface area contributed by atoms with Gasteiger partial charge in [-0.25, -0.2) is 0 Å². The molecule has 0 saturated carbocycles. The maximum atomic E-state index is 5.80. The van der Waals surface area contributed by atoms with Crippen LogP contribution in [0.25, 0.3) is 0 Å². The Labute approximate surface area is 103 Å². The minimum absolute atomic E-state index is 0. The third kappa shape index (κ3) is 4.28. The minimum atomic E-state index is 0. The van der Waals surface area contributed by atoms with Gasteiger partial charge in [0.2, 0.25) is 0 Å². The Morgan fingerprint density at radius 1 is 1.19 bits per heavy atom. The zero-order chi connectivity index (χ0) is 10.5. The van der Waals surface area contributed by atoms with Gasteiger partial charge in [-0.05, 0) is 19.3 Å². The molecule has 0 aliphatic carbocycles. The van der Waals surface area contributed by atoms with Crippen molar-refractivity contribution in [2.45, 2.75) is 50.9 Å². The highest BCUT2D eigenvalue weighted by Gasteiger charge is 2.19.